The zero-order valence-corrected chi connectivity index (χ0v) is 14.6. The number of hydrogen-bond acceptors (Lipinski definition) is 5. The van der Waals surface area contributed by atoms with Gasteiger partial charge in [-0.3, -0.25) is 9.58 Å². The van der Waals surface area contributed by atoms with Gasteiger partial charge in [-0.1, -0.05) is 5.11 Å². The number of ether oxygens (including phenoxy) is 1. The van der Waals surface area contributed by atoms with Gasteiger partial charge in [-0.15, -0.1) is 0 Å². The molecule has 0 radical (unpaired) electrons. The zero-order chi connectivity index (χ0) is 19.5. The highest BCUT2D eigenvalue weighted by Crippen LogP contribution is 2.25. The van der Waals surface area contributed by atoms with E-state index in [0.29, 0.717) is 12.2 Å². The van der Waals surface area contributed by atoms with Crippen molar-refractivity contribution in [2.24, 2.45) is 5.11 Å². The fraction of sp³-hybridized carbons (Fsp3) is 0.235. The Morgan fingerprint density at radius 1 is 1.39 bits per heavy atom. The molecule has 1 fully saturated rings. The quantitative estimate of drug-likeness (QED) is 0.370. The summed E-state index contributed by atoms with van der Waals surface area (Å²) in [5.74, 6) is -0.530. The highest BCUT2D eigenvalue weighted by molar-refractivity contribution is 5.89. The predicted molar refractivity (Wildman–Crippen MR) is 96.5 cm³/mol. The van der Waals surface area contributed by atoms with Gasteiger partial charge in [-0.2, -0.15) is 10.2 Å². The molecule has 3 heterocycles. The van der Waals surface area contributed by atoms with Crippen molar-refractivity contribution in [1.29, 1.82) is 0 Å². The molecule has 1 unspecified atom stereocenters. The number of carbonyl (C=O) groups is 1. The van der Waals surface area contributed by atoms with Crippen molar-refractivity contribution in [3.05, 3.63) is 70.9 Å². The van der Waals surface area contributed by atoms with Crippen LogP contribution in [-0.2, 0) is 11.3 Å². The van der Waals surface area contributed by atoms with Gasteiger partial charge in [0.2, 0.25) is 0 Å². The van der Waals surface area contributed by atoms with E-state index in [4.69, 9.17) is 10.3 Å². The molecular formula is C17H15FN8O2. The number of amides is 1. The van der Waals surface area contributed by atoms with Gasteiger partial charge in [-0.05, 0) is 29.8 Å². The van der Waals surface area contributed by atoms with E-state index in [2.05, 4.69) is 20.2 Å². The van der Waals surface area contributed by atoms with E-state index in [1.165, 1.54) is 15.6 Å². The van der Waals surface area contributed by atoms with Crippen molar-refractivity contribution in [1.82, 2.24) is 19.6 Å². The van der Waals surface area contributed by atoms with Gasteiger partial charge in [0.15, 0.2) is 5.82 Å². The van der Waals surface area contributed by atoms with Gasteiger partial charge in [0.05, 0.1) is 31.5 Å². The first-order valence-electron chi connectivity index (χ1n) is 8.44. The van der Waals surface area contributed by atoms with Crippen LogP contribution >= 0.6 is 0 Å². The molecule has 1 aromatic carbocycles. The summed E-state index contributed by atoms with van der Waals surface area (Å²) in [6, 6.07) is 6.23. The van der Waals surface area contributed by atoms with Crippen LogP contribution in [0.15, 0.2) is 54.2 Å². The molecule has 0 aliphatic carbocycles. The average molecular weight is 382 g/mol. The molecule has 4 rings (SSSR count). The number of benzene rings is 1. The lowest BCUT2D eigenvalue weighted by atomic mass is 10.2. The molecule has 11 heteroatoms. The van der Waals surface area contributed by atoms with Crippen LogP contribution in [0.1, 0.15) is 5.56 Å². The van der Waals surface area contributed by atoms with Crippen LogP contribution in [0, 0.1) is 5.82 Å². The Morgan fingerprint density at radius 2 is 2.29 bits per heavy atom. The van der Waals surface area contributed by atoms with E-state index in [1.54, 1.807) is 35.4 Å². The highest BCUT2D eigenvalue weighted by Gasteiger charge is 2.32. The second-order valence-corrected chi connectivity index (χ2v) is 6.16. The molecule has 0 spiro atoms. The standard InChI is InChI=1S/C17H15FN8O2/c18-15-6-13(25-11-14(8-20-23-19)28-17(25)27)2-3-16(15)26-10-12(7-22-26)9-24-5-1-4-21-24/h1-7,10,14H,8-9,11H2. The van der Waals surface area contributed by atoms with Crippen LogP contribution in [0.3, 0.4) is 0 Å². The minimum absolute atomic E-state index is 0.0334. The summed E-state index contributed by atoms with van der Waals surface area (Å²) in [7, 11) is 0. The first kappa shape index (κ1) is 17.6. The van der Waals surface area contributed by atoms with Crippen molar-refractivity contribution in [2.45, 2.75) is 12.6 Å². The summed E-state index contributed by atoms with van der Waals surface area (Å²) in [5.41, 5.74) is 9.85. The van der Waals surface area contributed by atoms with E-state index < -0.39 is 18.0 Å². The first-order chi connectivity index (χ1) is 13.6. The Hall–Kier alpha value is -3.85. The first-order valence-corrected chi connectivity index (χ1v) is 8.44. The minimum atomic E-state index is -0.606. The Morgan fingerprint density at radius 3 is 3.04 bits per heavy atom. The third-order valence-electron chi connectivity index (χ3n) is 4.25. The fourth-order valence-corrected chi connectivity index (χ4v) is 2.96. The number of carbonyl (C=O) groups excluding carboxylic acids is 1. The molecule has 28 heavy (non-hydrogen) atoms. The number of rotatable bonds is 6. The van der Waals surface area contributed by atoms with Gasteiger partial charge in [0, 0.05) is 29.1 Å². The van der Waals surface area contributed by atoms with Crippen molar-refractivity contribution in [3.63, 3.8) is 0 Å². The van der Waals surface area contributed by atoms with Gasteiger partial charge < -0.3 is 4.74 Å². The maximum Gasteiger partial charge on any atom is 0.414 e. The Balaban J connectivity index is 1.51. The summed E-state index contributed by atoms with van der Waals surface area (Å²) in [6.07, 6.45) is 5.72. The fourth-order valence-electron chi connectivity index (χ4n) is 2.96. The molecule has 0 bridgehead atoms. The molecule has 1 atom stereocenters. The van der Waals surface area contributed by atoms with Crippen LogP contribution in [0.25, 0.3) is 16.1 Å². The molecule has 1 aliphatic heterocycles. The lowest BCUT2D eigenvalue weighted by Crippen LogP contribution is -2.25. The molecule has 1 amide bonds. The summed E-state index contributed by atoms with van der Waals surface area (Å²) >= 11 is 0. The lowest BCUT2D eigenvalue weighted by molar-refractivity contribution is 0.145. The van der Waals surface area contributed by atoms with Crippen LogP contribution in [-0.4, -0.2) is 44.8 Å². The van der Waals surface area contributed by atoms with Gasteiger partial charge in [-0.25, -0.2) is 13.9 Å². The molecular weight excluding hydrogens is 367 g/mol. The minimum Gasteiger partial charge on any atom is -0.444 e. The molecule has 10 nitrogen and oxygen atoms in total. The topological polar surface area (TPSA) is 114 Å². The number of cyclic esters (lactones) is 1. The normalized spacial score (nSPS) is 16.1. The summed E-state index contributed by atoms with van der Waals surface area (Å²) < 4.78 is 23.0. The Kier molecular flexibility index (Phi) is 4.65. The third-order valence-corrected chi connectivity index (χ3v) is 4.25. The predicted octanol–water partition coefficient (Wildman–Crippen LogP) is 2.89. The average Bonchev–Trinajstić information content (AvgIpc) is 3.42. The smallest absolute Gasteiger partial charge is 0.414 e. The maximum absolute atomic E-state index is 14.7. The Labute approximate surface area is 158 Å². The second kappa shape index (κ2) is 7.41. The summed E-state index contributed by atoms with van der Waals surface area (Å²) in [6.45, 7) is 0.747. The summed E-state index contributed by atoms with van der Waals surface area (Å²) in [5, 5.41) is 11.7. The van der Waals surface area contributed by atoms with Crippen molar-refractivity contribution in [3.8, 4) is 5.69 Å². The van der Waals surface area contributed by atoms with E-state index in [-0.39, 0.29) is 18.8 Å². The number of hydrogen-bond donors (Lipinski definition) is 0. The van der Waals surface area contributed by atoms with Crippen molar-refractivity contribution >= 4 is 11.8 Å². The van der Waals surface area contributed by atoms with Crippen molar-refractivity contribution in [2.75, 3.05) is 18.0 Å². The number of anilines is 1. The van der Waals surface area contributed by atoms with E-state index in [0.717, 1.165) is 5.56 Å². The molecule has 0 N–H and O–H groups in total. The second-order valence-electron chi connectivity index (χ2n) is 6.16. The van der Waals surface area contributed by atoms with E-state index >= 15 is 0 Å². The SMILES string of the molecule is [N-]=[N+]=NCC1CN(c2ccc(-n3cc(Cn4cccn4)cn3)c(F)c2)C(=O)O1. The number of azide groups is 1. The molecule has 0 saturated carbocycles. The Bertz CT molecular complexity index is 1040. The number of nitrogens with zero attached hydrogens (tertiary/aromatic N) is 8. The van der Waals surface area contributed by atoms with Crippen LogP contribution in [0.2, 0.25) is 0 Å². The largest absolute Gasteiger partial charge is 0.444 e. The van der Waals surface area contributed by atoms with E-state index in [9.17, 15) is 9.18 Å². The van der Waals surface area contributed by atoms with E-state index in [1.807, 2.05) is 12.3 Å². The van der Waals surface area contributed by atoms with Crippen LogP contribution in [0.5, 0.6) is 0 Å². The molecule has 142 valence electrons. The molecule has 1 saturated heterocycles. The zero-order valence-electron chi connectivity index (χ0n) is 14.6. The van der Waals surface area contributed by atoms with Crippen LogP contribution < -0.4 is 4.90 Å². The van der Waals surface area contributed by atoms with Gasteiger partial charge in [0.25, 0.3) is 0 Å². The van der Waals surface area contributed by atoms with Gasteiger partial charge >= 0.3 is 6.09 Å². The number of halogens is 1. The summed E-state index contributed by atoms with van der Waals surface area (Å²) in [4.78, 5) is 15.9. The highest BCUT2D eigenvalue weighted by atomic mass is 19.1. The monoisotopic (exact) mass is 382 g/mol. The van der Waals surface area contributed by atoms with Crippen LogP contribution in [0.4, 0.5) is 14.9 Å². The lowest BCUT2D eigenvalue weighted by Gasteiger charge is -2.14. The molecule has 1 aliphatic rings. The number of aromatic nitrogens is 4. The third kappa shape index (κ3) is 3.51. The molecule has 3 aromatic rings. The maximum atomic E-state index is 14.7. The van der Waals surface area contributed by atoms with Gasteiger partial charge in [0.1, 0.15) is 11.8 Å². The van der Waals surface area contributed by atoms with Crippen molar-refractivity contribution < 1.29 is 13.9 Å². The molecule has 2 aromatic heterocycles.